The van der Waals surface area contributed by atoms with E-state index in [0.717, 1.165) is 5.56 Å². The maximum Gasteiger partial charge on any atom is 0.407 e. The van der Waals surface area contributed by atoms with Crippen LogP contribution in [0.4, 0.5) is 4.79 Å². The van der Waals surface area contributed by atoms with Crippen molar-refractivity contribution in [1.82, 2.24) is 5.32 Å². The number of hydrogen-bond donors (Lipinski definition) is 2. The van der Waals surface area contributed by atoms with Crippen LogP contribution in [0.1, 0.15) is 18.4 Å². The standard InChI is InChI=1S/C15H19NO4/c1-2-10-20-15(19)16-13(8-9-14(17)18)11-12-6-4-3-5-7-12/h2-7,13H,1,8-11H2,(H,16,19)(H,17,18). The molecule has 0 aromatic heterocycles. The van der Waals surface area contributed by atoms with Gasteiger partial charge < -0.3 is 15.2 Å². The molecule has 0 radical (unpaired) electrons. The monoisotopic (exact) mass is 277 g/mol. The van der Waals surface area contributed by atoms with E-state index in [-0.39, 0.29) is 19.1 Å². The van der Waals surface area contributed by atoms with Crippen molar-refractivity contribution >= 4 is 12.1 Å². The Kier molecular flexibility index (Phi) is 6.89. The number of carbonyl (C=O) groups is 2. The van der Waals surface area contributed by atoms with Crippen molar-refractivity contribution in [2.45, 2.75) is 25.3 Å². The van der Waals surface area contributed by atoms with Gasteiger partial charge in [-0.1, -0.05) is 43.0 Å². The summed E-state index contributed by atoms with van der Waals surface area (Å²) in [5.41, 5.74) is 1.03. The summed E-state index contributed by atoms with van der Waals surface area (Å²) >= 11 is 0. The van der Waals surface area contributed by atoms with Gasteiger partial charge in [0.05, 0.1) is 0 Å². The highest BCUT2D eigenvalue weighted by molar-refractivity contribution is 5.68. The number of nitrogens with one attached hydrogen (secondary N) is 1. The molecule has 1 atom stereocenters. The maximum absolute atomic E-state index is 11.5. The van der Waals surface area contributed by atoms with Crippen molar-refractivity contribution in [2.75, 3.05) is 6.61 Å². The molecule has 1 rings (SSSR count). The van der Waals surface area contributed by atoms with Crippen LogP contribution in [0.3, 0.4) is 0 Å². The van der Waals surface area contributed by atoms with Crippen LogP contribution in [0.5, 0.6) is 0 Å². The molecule has 1 aromatic carbocycles. The third-order valence-electron chi connectivity index (χ3n) is 2.69. The van der Waals surface area contributed by atoms with Gasteiger partial charge in [-0.2, -0.15) is 0 Å². The van der Waals surface area contributed by atoms with Gasteiger partial charge in [0.2, 0.25) is 0 Å². The van der Waals surface area contributed by atoms with Gasteiger partial charge in [0.15, 0.2) is 0 Å². The number of carbonyl (C=O) groups excluding carboxylic acids is 1. The lowest BCUT2D eigenvalue weighted by atomic mass is 10.0. The van der Waals surface area contributed by atoms with Gasteiger partial charge in [-0.15, -0.1) is 0 Å². The average Bonchev–Trinajstić information content (AvgIpc) is 2.43. The maximum atomic E-state index is 11.5. The molecular formula is C15H19NO4. The quantitative estimate of drug-likeness (QED) is 0.715. The molecule has 0 aliphatic heterocycles. The Morgan fingerprint density at radius 3 is 2.65 bits per heavy atom. The van der Waals surface area contributed by atoms with Crippen LogP contribution < -0.4 is 5.32 Å². The van der Waals surface area contributed by atoms with Crippen LogP contribution in [0.15, 0.2) is 43.0 Å². The fourth-order valence-corrected chi connectivity index (χ4v) is 1.76. The summed E-state index contributed by atoms with van der Waals surface area (Å²) in [5.74, 6) is -0.885. The second-order valence-corrected chi connectivity index (χ2v) is 4.35. The number of alkyl carbamates (subject to hydrolysis) is 1. The Bertz CT molecular complexity index is 444. The molecule has 0 saturated heterocycles. The molecule has 5 nitrogen and oxygen atoms in total. The Morgan fingerprint density at radius 2 is 2.05 bits per heavy atom. The second-order valence-electron chi connectivity index (χ2n) is 4.35. The molecule has 0 aliphatic rings. The number of carboxylic acids is 1. The van der Waals surface area contributed by atoms with Crippen LogP contribution in [-0.4, -0.2) is 29.8 Å². The summed E-state index contributed by atoms with van der Waals surface area (Å²) in [4.78, 5) is 22.2. The van der Waals surface area contributed by atoms with E-state index in [1.807, 2.05) is 30.3 Å². The zero-order chi connectivity index (χ0) is 14.8. The summed E-state index contributed by atoms with van der Waals surface area (Å²) in [6.45, 7) is 3.58. The number of ether oxygens (including phenoxy) is 1. The van der Waals surface area contributed by atoms with Gasteiger partial charge in [-0.05, 0) is 18.4 Å². The van der Waals surface area contributed by atoms with Crippen molar-refractivity contribution in [3.63, 3.8) is 0 Å². The highest BCUT2D eigenvalue weighted by atomic mass is 16.5. The first-order chi connectivity index (χ1) is 9.61. The molecule has 0 saturated carbocycles. The summed E-state index contributed by atoms with van der Waals surface area (Å²) in [6.07, 6.45) is 1.84. The van der Waals surface area contributed by atoms with E-state index in [1.165, 1.54) is 6.08 Å². The van der Waals surface area contributed by atoms with Crippen LogP contribution >= 0.6 is 0 Å². The molecule has 0 fully saturated rings. The topological polar surface area (TPSA) is 75.6 Å². The first-order valence-corrected chi connectivity index (χ1v) is 6.41. The molecule has 2 N–H and O–H groups in total. The largest absolute Gasteiger partial charge is 0.481 e. The highest BCUT2D eigenvalue weighted by Gasteiger charge is 2.15. The van der Waals surface area contributed by atoms with Gasteiger partial charge >= 0.3 is 12.1 Å². The number of aliphatic carboxylic acids is 1. The van der Waals surface area contributed by atoms with Gasteiger partial charge in [0.1, 0.15) is 6.61 Å². The molecule has 1 unspecified atom stereocenters. The normalized spacial score (nSPS) is 11.4. The van der Waals surface area contributed by atoms with Gasteiger partial charge in [0.25, 0.3) is 0 Å². The number of amides is 1. The smallest absolute Gasteiger partial charge is 0.407 e. The van der Waals surface area contributed by atoms with Crippen LogP contribution in [0, 0.1) is 0 Å². The number of rotatable bonds is 8. The third kappa shape index (κ3) is 6.58. The lowest BCUT2D eigenvalue weighted by Crippen LogP contribution is -2.37. The Morgan fingerprint density at radius 1 is 1.35 bits per heavy atom. The van der Waals surface area contributed by atoms with E-state index in [2.05, 4.69) is 11.9 Å². The van der Waals surface area contributed by atoms with E-state index in [0.29, 0.717) is 12.8 Å². The third-order valence-corrected chi connectivity index (χ3v) is 2.69. The molecule has 0 bridgehead atoms. The van der Waals surface area contributed by atoms with Crippen molar-refractivity contribution < 1.29 is 19.4 Å². The highest BCUT2D eigenvalue weighted by Crippen LogP contribution is 2.08. The molecule has 0 spiro atoms. The summed E-state index contributed by atoms with van der Waals surface area (Å²) in [6, 6.07) is 9.31. The molecule has 108 valence electrons. The van der Waals surface area contributed by atoms with Crippen LogP contribution in [0.2, 0.25) is 0 Å². The second kappa shape index (κ2) is 8.74. The van der Waals surface area contributed by atoms with Gasteiger partial charge in [-0.3, -0.25) is 4.79 Å². The first-order valence-electron chi connectivity index (χ1n) is 6.41. The van der Waals surface area contributed by atoms with Crippen LogP contribution in [-0.2, 0) is 16.0 Å². The molecule has 1 aromatic rings. The van der Waals surface area contributed by atoms with E-state index in [4.69, 9.17) is 9.84 Å². The molecular weight excluding hydrogens is 258 g/mol. The van der Waals surface area contributed by atoms with Crippen LogP contribution in [0.25, 0.3) is 0 Å². The Balaban J connectivity index is 2.57. The lowest BCUT2D eigenvalue weighted by molar-refractivity contribution is -0.137. The number of benzene rings is 1. The van der Waals surface area contributed by atoms with Gasteiger partial charge in [-0.25, -0.2) is 4.79 Å². The lowest BCUT2D eigenvalue weighted by Gasteiger charge is -2.17. The summed E-state index contributed by atoms with van der Waals surface area (Å²) in [5, 5.41) is 11.4. The summed E-state index contributed by atoms with van der Waals surface area (Å²) < 4.78 is 4.85. The van der Waals surface area contributed by atoms with Crippen molar-refractivity contribution in [1.29, 1.82) is 0 Å². The zero-order valence-electron chi connectivity index (χ0n) is 11.2. The fourth-order valence-electron chi connectivity index (χ4n) is 1.76. The van der Waals surface area contributed by atoms with Crippen molar-refractivity contribution in [2.24, 2.45) is 0 Å². The molecule has 5 heteroatoms. The predicted molar refractivity (Wildman–Crippen MR) is 75.5 cm³/mol. The van der Waals surface area contributed by atoms with E-state index >= 15 is 0 Å². The number of carboxylic acid groups (broad SMARTS) is 1. The average molecular weight is 277 g/mol. The van der Waals surface area contributed by atoms with E-state index in [9.17, 15) is 9.59 Å². The number of hydrogen-bond acceptors (Lipinski definition) is 3. The minimum absolute atomic E-state index is 0.000755. The molecule has 0 heterocycles. The first kappa shape index (κ1) is 15.8. The predicted octanol–water partition coefficient (Wildman–Crippen LogP) is 2.37. The van der Waals surface area contributed by atoms with Crippen molar-refractivity contribution in [3.8, 4) is 0 Å². The van der Waals surface area contributed by atoms with E-state index in [1.54, 1.807) is 0 Å². The molecule has 20 heavy (non-hydrogen) atoms. The minimum Gasteiger partial charge on any atom is -0.481 e. The fraction of sp³-hybridized carbons (Fsp3) is 0.333. The zero-order valence-corrected chi connectivity index (χ0v) is 11.2. The minimum atomic E-state index is -0.885. The van der Waals surface area contributed by atoms with Crippen molar-refractivity contribution in [3.05, 3.63) is 48.6 Å². The molecule has 1 amide bonds. The Labute approximate surface area is 118 Å². The molecule has 0 aliphatic carbocycles. The van der Waals surface area contributed by atoms with E-state index < -0.39 is 12.1 Å². The summed E-state index contributed by atoms with van der Waals surface area (Å²) in [7, 11) is 0. The van der Waals surface area contributed by atoms with Gasteiger partial charge in [0, 0.05) is 12.5 Å². The SMILES string of the molecule is C=CCOC(=O)NC(CCC(=O)O)Cc1ccccc1. The Hall–Kier alpha value is -2.30.